The second-order valence-corrected chi connectivity index (χ2v) is 7.25. The fourth-order valence-corrected chi connectivity index (χ4v) is 2.64. The Morgan fingerprint density at radius 3 is 2.67 bits per heavy atom. The van der Waals surface area contributed by atoms with Gasteiger partial charge in [-0.1, -0.05) is 25.6 Å². The van der Waals surface area contributed by atoms with E-state index in [0.29, 0.717) is 24.1 Å². The topological polar surface area (TPSA) is 53.5 Å². The average molecular weight is 271 g/mol. The van der Waals surface area contributed by atoms with Crippen molar-refractivity contribution in [1.29, 1.82) is 0 Å². The average Bonchev–Trinajstić information content (AvgIpc) is 2.63. The lowest BCUT2D eigenvalue weighted by molar-refractivity contribution is -0.122. The molecular weight excluding hydrogens is 246 g/mol. The molecule has 1 unspecified atom stereocenters. The van der Waals surface area contributed by atoms with Gasteiger partial charge >= 0.3 is 0 Å². The fourth-order valence-electron chi connectivity index (χ4n) is 1.60. The summed E-state index contributed by atoms with van der Waals surface area (Å²) in [5, 5.41) is 7.74. The molecule has 1 aliphatic heterocycles. The maximum Gasteiger partial charge on any atom is 0.222 e. The minimum absolute atomic E-state index is 0.0824. The zero-order valence-corrected chi connectivity index (χ0v) is 12.9. The summed E-state index contributed by atoms with van der Waals surface area (Å²) in [4.78, 5) is 16.1. The van der Waals surface area contributed by atoms with Gasteiger partial charge in [-0.05, 0) is 26.7 Å². The number of carbonyl (C=O) groups excluding carboxylic acids is 1. The summed E-state index contributed by atoms with van der Waals surface area (Å²) in [5.41, 5.74) is -0.153. The number of amides is 1. The number of hydrogen-bond donors (Lipinski definition) is 2. The molecule has 1 heterocycles. The maximum absolute atomic E-state index is 11.6. The summed E-state index contributed by atoms with van der Waals surface area (Å²) in [5.74, 6) is 0.723. The molecule has 1 rings (SSSR count). The van der Waals surface area contributed by atoms with Gasteiger partial charge in [-0.3, -0.25) is 9.79 Å². The highest BCUT2D eigenvalue weighted by Crippen LogP contribution is 2.25. The molecule has 5 heteroatoms. The number of hydrogen-bond acceptors (Lipinski definition) is 4. The van der Waals surface area contributed by atoms with E-state index in [1.54, 1.807) is 11.8 Å². The van der Waals surface area contributed by atoms with Crippen molar-refractivity contribution < 1.29 is 4.79 Å². The second kappa shape index (κ2) is 6.45. The van der Waals surface area contributed by atoms with Gasteiger partial charge in [0.05, 0.1) is 6.54 Å². The first-order chi connectivity index (χ1) is 8.28. The summed E-state index contributed by atoms with van der Waals surface area (Å²) >= 11 is 1.79. The zero-order valence-electron chi connectivity index (χ0n) is 12.0. The molecular formula is C13H25N3OS. The fraction of sp³-hybridized carbons (Fsp3) is 0.846. The van der Waals surface area contributed by atoms with Crippen LogP contribution < -0.4 is 10.6 Å². The van der Waals surface area contributed by atoms with Crippen LogP contribution in [0.2, 0.25) is 0 Å². The van der Waals surface area contributed by atoms with E-state index in [4.69, 9.17) is 0 Å². The van der Waals surface area contributed by atoms with Gasteiger partial charge in [0.25, 0.3) is 0 Å². The van der Waals surface area contributed by atoms with Gasteiger partial charge in [-0.2, -0.15) is 0 Å². The van der Waals surface area contributed by atoms with Crippen LogP contribution in [-0.4, -0.2) is 35.0 Å². The highest BCUT2D eigenvalue weighted by atomic mass is 32.2. The molecule has 0 spiro atoms. The Bertz CT molecular complexity index is 321. The van der Waals surface area contributed by atoms with Gasteiger partial charge in [-0.15, -0.1) is 0 Å². The van der Waals surface area contributed by atoms with Crippen molar-refractivity contribution in [3.8, 4) is 0 Å². The second-order valence-electron chi connectivity index (χ2n) is 6.02. The summed E-state index contributed by atoms with van der Waals surface area (Å²) in [7, 11) is 0. The number of nitrogens with zero attached hydrogens (tertiary/aromatic N) is 1. The van der Waals surface area contributed by atoms with Gasteiger partial charge < -0.3 is 10.6 Å². The molecule has 1 aliphatic rings. The van der Waals surface area contributed by atoms with Crippen LogP contribution in [0.15, 0.2) is 4.99 Å². The van der Waals surface area contributed by atoms with E-state index in [-0.39, 0.29) is 11.4 Å². The van der Waals surface area contributed by atoms with Crippen LogP contribution in [0.4, 0.5) is 0 Å². The summed E-state index contributed by atoms with van der Waals surface area (Å²) in [6, 6.07) is 0. The predicted molar refractivity (Wildman–Crippen MR) is 79.0 cm³/mol. The molecule has 1 amide bonds. The lowest BCUT2D eigenvalue weighted by atomic mass is 10.1. The maximum atomic E-state index is 11.6. The van der Waals surface area contributed by atoms with E-state index >= 15 is 0 Å². The minimum Gasteiger partial charge on any atom is -0.364 e. The van der Waals surface area contributed by atoms with Crippen LogP contribution >= 0.6 is 11.8 Å². The van der Waals surface area contributed by atoms with Crippen LogP contribution in [0.25, 0.3) is 0 Å². The van der Waals surface area contributed by atoms with E-state index in [1.807, 2.05) is 20.8 Å². The first-order valence-corrected chi connectivity index (χ1v) is 7.42. The Morgan fingerprint density at radius 2 is 2.17 bits per heavy atom. The molecule has 0 saturated carbocycles. The lowest BCUT2D eigenvalue weighted by Gasteiger charge is -2.20. The molecule has 0 aromatic heterocycles. The van der Waals surface area contributed by atoms with E-state index < -0.39 is 0 Å². The van der Waals surface area contributed by atoms with Crippen LogP contribution in [0, 0.1) is 5.92 Å². The molecule has 0 radical (unpaired) electrons. The Kier molecular flexibility index (Phi) is 5.50. The molecule has 0 bridgehead atoms. The molecule has 0 aromatic carbocycles. The van der Waals surface area contributed by atoms with Crippen molar-refractivity contribution in [3.05, 3.63) is 0 Å². The number of amidine groups is 1. The highest BCUT2D eigenvalue weighted by molar-refractivity contribution is 8.14. The first kappa shape index (κ1) is 15.3. The summed E-state index contributed by atoms with van der Waals surface area (Å²) < 4.78 is 0. The van der Waals surface area contributed by atoms with Crippen molar-refractivity contribution >= 4 is 22.8 Å². The van der Waals surface area contributed by atoms with Crippen molar-refractivity contribution in [2.45, 2.75) is 51.8 Å². The van der Waals surface area contributed by atoms with Crippen LogP contribution in [0.1, 0.15) is 41.0 Å². The normalized spacial score (nSPS) is 19.9. The van der Waals surface area contributed by atoms with Gasteiger partial charge in [0.1, 0.15) is 0 Å². The standard InChI is InChI=1S/C13H25N3OS/c1-9(2)10-8-15-12(18-10)14-7-6-11(17)16-13(3,4)5/h9-10H,6-8H2,1-5H3,(H,14,15)(H,16,17). The molecule has 0 saturated heterocycles. The lowest BCUT2D eigenvalue weighted by Crippen LogP contribution is -2.41. The molecule has 0 aliphatic carbocycles. The molecule has 2 N–H and O–H groups in total. The third-order valence-electron chi connectivity index (χ3n) is 2.56. The highest BCUT2D eigenvalue weighted by Gasteiger charge is 2.22. The van der Waals surface area contributed by atoms with E-state index in [9.17, 15) is 4.79 Å². The summed E-state index contributed by atoms with van der Waals surface area (Å²) in [6.07, 6.45) is 0.489. The van der Waals surface area contributed by atoms with Gasteiger partial charge in [0.15, 0.2) is 5.17 Å². The van der Waals surface area contributed by atoms with Gasteiger partial charge in [0, 0.05) is 23.8 Å². The smallest absolute Gasteiger partial charge is 0.222 e. The third kappa shape index (κ3) is 5.76. The molecule has 1 atom stereocenters. The largest absolute Gasteiger partial charge is 0.364 e. The number of aliphatic imine (C=N–C) groups is 1. The van der Waals surface area contributed by atoms with E-state index in [2.05, 4.69) is 29.5 Å². The quantitative estimate of drug-likeness (QED) is 0.822. The third-order valence-corrected chi connectivity index (χ3v) is 4.06. The minimum atomic E-state index is -0.153. The van der Waals surface area contributed by atoms with Crippen molar-refractivity contribution in [1.82, 2.24) is 10.6 Å². The monoisotopic (exact) mass is 271 g/mol. The molecule has 0 aromatic rings. The van der Waals surface area contributed by atoms with Crippen LogP contribution in [0.5, 0.6) is 0 Å². The number of nitrogens with one attached hydrogen (secondary N) is 2. The Balaban J connectivity index is 2.18. The van der Waals surface area contributed by atoms with Crippen molar-refractivity contribution in [3.63, 3.8) is 0 Å². The van der Waals surface area contributed by atoms with Crippen LogP contribution in [0.3, 0.4) is 0 Å². The molecule has 104 valence electrons. The van der Waals surface area contributed by atoms with E-state index in [0.717, 1.165) is 11.7 Å². The number of thioether (sulfide) groups is 1. The number of carbonyl (C=O) groups is 1. The summed E-state index contributed by atoms with van der Waals surface area (Å²) in [6.45, 7) is 11.9. The van der Waals surface area contributed by atoms with Crippen LogP contribution in [-0.2, 0) is 4.79 Å². The molecule has 0 fully saturated rings. The Hall–Kier alpha value is -0.710. The van der Waals surface area contributed by atoms with E-state index in [1.165, 1.54) is 0 Å². The Morgan fingerprint density at radius 1 is 1.50 bits per heavy atom. The zero-order chi connectivity index (χ0) is 13.8. The predicted octanol–water partition coefficient (Wildman–Crippen LogP) is 2.01. The van der Waals surface area contributed by atoms with Crippen molar-refractivity contribution in [2.24, 2.45) is 10.9 Å². The SMILES string of the molecule is CC(C)C1CN=C(NCCC(=O)NC(C)(C)C)S1. The molecule has 18 heavy (non-hydrogen) atoms. The first-order valence-electron chi connectivity index (χ1n) is 6.54. The number of rotatable bonds is 4. The van der Waals surface area contributed by atoms with Crippen molar-refractivity contribution in [2.75, 3.05) is 13.1 Å². The molecule has 4 nitrogen and oxygen atoms in total. The Labute approximate surface area is 114 Å². The van der Waals surface area contributed by atoms with Gasteiger partial charge in [-0.25, -0.2) is 0 Å². The van der Waals surface area contributed by atoms with Gasteiger partial charge in [0.2, 0.25) is 5.91 Å².